The van der Waals surface area contributed by atoms with Crippen molar-refractivity contribution < 1.29 is 0 Å². The van der Waals surface area contributed by atoms with Gasteiger partial charge in [-0.05, 0) is 64.4 Å². The lowest BCUT2D eigenvalue weighted by atomic mass is 9.86. The number of hydrogen-bond acceptors (Lipinski definition) is 1. The first kappa shape index (κ1) is 20.7. The van der Waals surface area contributed by atoms with Crippen molar-refractivity contribution in [3.8, 4) is 0 Å². The number of rotatable bonds is 3. The predicted molar refractivity (Wildman–Crippen MR) is 126 cm³/mol. The zero-order valence-corrected chi connectivity index (χ0v) is 19.3. The lowest BCUT2D eigenvalue weighted by molar-refractivity contribution is 0.590. The van der Waals surface area contributed by atoms with Crippen molar-refractivity contribution in [1.82, 2.24) is 0 Å². The molecule has 0 bridgehead atoms. The molecule has 0 aliphatic rings. The third-order valence-corrected chi connectivity index (χ3v) is 5.45. The van der Waals surface area contributed by atoms with Crippen LogP contribution >= 0.6 is 15.9 Å². The fourth-order valence-electron chi connectivity index (χ4n) is 3.27. The highest BCUT2D eigenvalue weighted by molar-refractivity contribution is 9.10. The number of benzene rings is 3. The minimum absolute atomic E-state index is 0.0775. The normalized spacial score (nSPS) is 12.1. The number of halogens is 1. The summed E-state index contributed by atoms with van der Waals surface area (Å²) in [5.41, 5.74) is 6.32. The third kappa shape index (κ3) is 4.67. The van der Waals surface area contributed by atoms with E-state index in [0.29, 0.717) is 0 Å². The molecule has 0 saturated heterocycles. The van der Waals surface area contributed by atoms with Crippen LogP contribution in [0.15, 0.2) is 77.3 Å². The first-order chi connectivity index (χ1) is 13.1. The average molecular weight is 436 g/mol. The zero-order chi connectivity index (χ0) is 20.5. The molecule has 0 heterocycles. The second-order valence-electron chi connectivity index (χ2n) is 9.42. The molecule has 2 heteroatoms. The van der Waals surface area contributed by atoms with E-state index >= 15 is 0 Å². The van der Waals surface area contributed by atoms with Gasteiger partial charge in [0.1, 0.15) is 0 Å². The number of hydrogen-bond donors (Lipinski definition) is 0. The van der Waals surface area contributed by atoms with Gasteiger partial charge < -0.3 is 4.90 Å². The molecule has 0 N–H and O–H groups in total. The summed E-state index contributed by atoms with van der Waals surface area (Å²) in [6, 6.07) is 26.2. The van der Waals surface area contributed by atoms with Crippen molar-refractivity contribution in [1.29, 1.82) is 0 Å². The third-order valence-electron chi connectivity index (χ3n) is 4.99. The second kappa shape index (κ2) is 7.75. The van der Waals surface area contributed by atoms with Crippen LogP contribution in [-0.2, 0) is 10.8 Å². The molecule has 0 saturated carbocycles. The van der Waals surface area contributed by atoms with Crippen LogP contribution in [0.25, 0.3) is 0 Å². The first-order valence-corrected chi connectivity index (χ1v) is 10.6. The quantitative estimate of drug-likeness (QED) is 0.398. The van der Waals surface area contributed by atoms with E-state index in [4.69, 9.17) is 0 Å². The fourth-order valence-corrected chi connectivity index (χ4v) is 3.75. The van der Waals surface area contributed by atoms with Crippen LogP contribution in [0.2, 0.25) is 0 Å². The van der Waals surface area contributed by atoms with Crippen molar-refractivity contribution in [3.63, 3.8) is 0 Å². The van der Waals surface area contributed by atoms with Crippen LogP contribution in [0.4, 0.5) is 17.1 Å². The Morgan fingerprint density at radius 2 is 1.14 bits per heavy atom. The SMILES string of the molecule is CC(C)(C)c1cccc(N(c2ccccc2)c2cc(Br)cc(C(C)(C)C)c2)c1. The van der Waals surface area contributed by atoms with E-state index in [9.17, 15) is 0 Å². The molecule has 1 nitrogen and oxygen atoms in total. The molecular weight excluding hydrogens is 406 g/mol. The Balaban J connectivity index is 2.22. The van der Waals surface area contributed by atoms with E-state index in [1.165, 1.54) is 16.8 Å². The molecule has 3 rings (SSSR count). The lowest BCUT2D eigenvalue weighted by Crippen LogP contribution is -2.16. The summed E-state index contributed by atoms with van der Waals surface area (Å²) in [7, 11) is 0. The Bertz CT molecular complexity index is 946. The van der Waals surface area contributed by atoms with Gasteiger partial charge in [0.15, 0.2) is 0 Å². The Kier molecular flexibility index (Phi) is 5.72. The predicted octanol–water partition coefficient (Wildman–Crippen LogP) is 8.51. The smallest absolute Gasteiger partial charge is 0.0475 e. The second-order valence-corrected chi connectivity index (χ2v) is 10.3. The molecule has 0 atom stereocenters. The Morgan fingerprint density at radius 3 is 1.75 bits per heavy atom. The zero-order valence-electron chi connectivity index (χ0n) is 17.8. The Morgan fingerprint density at radius 1 is 0.571 bits per heavy atom. The van der Waals surface area contributed by atoms with E-state index < -0.39 is 0 Å². The van der Waals surface area contributed by atoms with E-state index in [-0.39, 0.29) is 10.8 Å². The molecule has 0 aliphatic carbocycles. The van der Waals surface area contributed by atoms with Crippen molar-refractivity contribution in [2.45, 2.75) is 52.4 Å². The largest absolute Gasteiger partial charge is 0.310 e. The van der Waals surface area contributed by atoms with Crippen LogP contribution in [-0.4, -0.2) is 0 Å². The maximum Gasteiger partial charge on any atom is 0.0475 e. The van der Waals surface area contributed by atoms with Gasteiger partial charge in [-0.1, -0.05) is 87.8 Å². The molecule has 0 unspecified atom stereocenters. The van der Waals surface area contributed by atoms with Crippen LogP contribution in [0.5, 0.6) is 0 Å². The van der Waals surface area contributed by atoms with E-state index in [0.717, 1.165) is 15.8 Å². The molecule has 0 aromatic heterocycles. The highest BCUT2D eigenvalue weighted by Gasteiger charge is 2.20. The van der Waals surface area contributed by atoms with Gasteiger partial charge in [-0.15, -0.1) is 0 Å². The minimum atomic E-state index is 0.0775. The average Bonchev–Trinajstić information content (AvgIpc) is 2.61. The van der Waals surface area contributed by atoms with Crippen molar-refractivity contribution in [3.05, 3.63) is 88.4 Å². The summed E-state index contributed by atoms with van der Waals surface area (Å²) in [6.45, 7) is 13.5. The fraction of sp³-hybridized carbons (Fsp3) is 0.308. The van der Waals surface area contributed by atoms with Gasteiger partial charge >= 0.3 is 0 Å². The van der Waals surface area contributed by atoms with Gasteiger partial charge in [0, 0.05) is 21.5 Å². The van der Waals surface area contributed by atoms with Gasteiger partial charge in [-0.2, -0.15) is 0 Å². The summed E-state index contributed by atoms with van der Waals surface area (Å²) >= 11 is 3.74. The highest BCUT2D eigenvalue weighted by Crippen LogP contribution is 2.39. The van der Waals surface area contributed by atoms with Gasteiger partial charge in [0.2, 0.25) is 0 Å². The van der Waals surface area contributed by atoms with E-state index in [1.54, 1.807) is 0 Å². The summed E-state index contributed by atoms with van der Waals surface area (Å²) in [4.78, 5) is 2.34. The van der Waals surface area contributed by atoms with Crippen LogP contribution < -0.4 is 4.90 Å². The van der Waals surface area contributed by atoms with E-state index in [2.05, 4.69) is 135 Å². The minimum Gasteiger partial charge on any atom is -0.310 e. The van der Waals surface area contributed by atoms with Gasteiger partial charge in [0.05, 0.1) is 0 Å². The van der Waals surface area contributed by atoms with Crippen LogP contribution in [0, 0.1) is 0 Å². The van der Waals surface area contributed by atoms with Crippen molar-refractivity contribution >= 4 is 33.0 Å². The molecular formula is C26H30BrN. The van der Waals surface area contributed by atoms with Crippen molar-refractivity contribution in [2.24, 2.45) is 0 Å². The van der Waals surface area contributed by atoms with Gasteiger partial charge in [0.25, 0.3) is 0 Å². The summed E-state index contributed by atoms with van der Waals surface area (Å²) < 4.78 is 1.10. The van der Waals surface area contributed by atoms with Gasteiger partial charge in [-0.25, -0.2) is 0 Å². The molecule has 0 amide bonds. The summed E-state index contributed by atoms with van der Waals surface area (Å²) in [5.74, 6) is 0. The summed E-state index contributed by atoms with van der Waals surface area (Å²) in [5, 5.41) is 0. The number of nitrogens with zero attached hydrogens (tertiary/aromatic N) is 1. The Labute approximate surface area is 178 Å². The highest BCUT2D eigenvalue weighted by atomic mass is 79.9. The molecule has 0 aliphatic heterocycles. The van der Waals surface area contributed by atoms with Crippen LogP contribution in [0.1, 0.15) is 52.7 Å². The standard InChI is InChI=1S/C26H30BrN/c1-25(2,3)19-11-10-14-23(16-19)28(22-12-8-7-9-13-22)24-17-20(26(4,5)6)15-21(27)18-24/h7-18H,1-6H3. The maximum atomic E-state index is 3.74. The maximum absolute atomic E-state index is 3.74. The molecule has 0 fully saturated rings. The molecule has 3 aromatic rings. The molecule has 28 heavy (non-hydrogen) atoms. The molecule has 146 valence electrons. The lowest BCUT2D eigenvalue weighted by Gasteiger charge is -2.29. The molecule has 0 radical (unpaired) electrons. The Hall–Kier alpha value is -2.06. The summed E-state index contributed by atoms with van der Waals surface area (Å²) in [6.07, 6.45) is 0. The molecule has 0 spiro atoms. The van der Waals surface area contributed by atoms with Gasteiger partial charge in [-0.3, -0.25) is 0 Å². The number of para-hydroxylation sites is 1. The monoisotopic (exact) mass is 435 g/mol. The first-order valence-electron chi connectivity index (χ1n) is 9.82. The van der Waals surface area contributed by atoms with E-state index in [1.807, 2.05) is 0 Å². The molecule has 3 aromatic carbocycles. The van der Waals surface area contributed by atoms with Crippen molar-refractivity contribution in [2.75, 3.05) is 4.90 Å². The topological polar surface area (TPSA) is 3.24 Å². The number of anilines is 3. The van der Waals surface area contributed by atoms with Crippen LogP contribution in [0.3, 0.4) is 0 Å².